The molecule has 0 aliphatic carbocycles. The zero-order chi connectivity index (χ0) is 21.5. The lowest BCUT2D eigenvalue weighted by atomic mass is 9.86. The zero-order valence-corrected chi connectivity index (χ0v) is 17.9. The number of rotatable bonds is 8. The first-order valence-electron chi connectivity index (χ1n) is 10.7. The van der Waals surface area contributed by atoms with Gasteiger partial charge in [-0.15, -0.1) is 0 Å². The van der Waals surface area contributed by atoms with Crippen molar-refractivity contribution in [2.45, 2.75) is 19.0 Å². The van der Waals surface area contributed by atoms with Gasteiger partial charge in [0.05, 0.1) is 0 Å². The number of hydrogen-bond donors (Lipinski definition) is 0. The topological polar surface area (TPSA) is 25.2 Å². The molecule has 3 nitrogen and oxygen atoms in total. The van der Waals surface area contributed by atoms with Gasteiger partial charge in [-0.25, -0.2) is 0 Å². The molecule has 0 atom stereocenters. The van der Waals surface area contributed by atoms with Gasteiger partial charge in [-0.2, -0.15) is 0 Å². The van der Waals surface area contributed by atoms with Crippen LogP contribution in [0, 0.1) is 0 Å². The van der Waals surface area contributed by atoms with E-state index in [2.05, 4.69) is 84.7 Å². The number of likely N-dealkylation sites (N-methyl/N-ethyl adjacent to an activating group) is 1. The van der Waals surface area contributed by atoms with Crippen molar-refractivity contribution >= 4 is 0 Å². The molecule has 0 aliphatic rings. The predicted octanol–water partition coefficient (Wildman–Crippen LogP) is 5.16. The summed E-state index contributed by atoms with van der Waals surface area (Å²) in [5, 5.41) is 0. The number of aromatic nitrogens is 1. The van der Waals surface area contributed by atoms with E-state index in [0.717, 1.165) is 18.7 Å². The largest absolute Gasteiger partial charge is 0.314 e. The molecule has 0 aliphatic heterocycles. The van der Waals surface area contributed by atoms with Crippen molar-refractivity contribution < 1.29 is 0 Å². The Morgan fingerprint density at radius 2 is 1.26 bits per heavy atom. The highest BCUT2D eigenvalue weighted by Gasteiger charge is 2.17. The van der Waals surface area contributed by atoms with Crippen LogP contribution in [0.1, 0.15) is 28.2 Å². The average molecular weight is 409 g/mol. The van der Waals surface area contributed by atoms with Gasteiger partial charge in [-0.05, 0) is 29.3 Å². The Morgan fingerprint density at radius 3 is 1.84 bits per heavy atom. The predicted molar refractivity (Wildman–Crippen MR) is 127 cm³/mol. The first kappa shape index (κ1) is 20.8. The van der Waals surface area contributed by atoms with E-state index in [0.29, 0.717) is 6.54 Å². The molecule has 0 spiro atoms. The number of pyridine rings is 1. The van der Waals surface area contributed by atoms with Crippen molar-refractivity contribution in [3.63, 3.8) is 0 Å². The Kier molecular flexibility index (Phi) is 6.75. The lowest BCUT2D eigenvalue weighted by molar-refractivity contribution is 0.309. The molecule has 0 unspecified atom stereocenters. The molecule has 1 aromatic heterocycles. The van der Waals surface area contributed by atoms with E-state index in [4.69, 9.17) is 0 Å². The zero-order valence-electron chi connectivity index (χ0n) is 17.9. The molecule has 0 amide bonds. The highest BCUT2D eigenvalue weighted by Crippen LogP contribution is 2.31. The maximum Gasteiger partial charge on any atom is 0.250 e. The van der Waals surface area contributed by atoms with Crippen LogP contribution in [0.3, 0.4) is 0 Å². The van der Waals surface area contributed by atoms with Gasteiger partial charge in [0.15, 0.2) is 0 Å². The molecule has 0 saturated carbocycles. The number of nitrogens with zero attached hydrogens (tertiary/aromatic N) is 2. The van der Waals surface area contributed by atoms with Crippen LogP contribution >= 0.6 is 0 Å². The third kappa shape index (κ3) is 5.39. The van der Waals surface area contributed by atoms with Gasteiger partial charge < -0.3 is 9.47 Å². The molecule has 156 valence electrons. The fraction of sp³-hybridized carbons (Fsp3) is 0.179. The molecular formula is C28H28N2O. The van der Waals surface area contributed by atoms with Crippen molar-refractivity contribution in [2.24, 2.45) is 0 Å². The number of hydrogen-bond acceptors (Lipinski definition) is 2. The van der Waals surface area contributed by atoms with Crippen molar-refractivity contribution in [1.29, 1.82) is 0 Å². The van der Waals surface area contributed by atoms with Crippen molar-refractivity contribution in [1.82, 2.24) is 9.47 Å². The number of benzene rings is 3. The maximum absolute atomic E-state index is 12.6. The van der Waals surface area contributed by atoms with E-state index in [1.54, 1.807) is 6.07 Å². The van der Waals surface area contributed by atoms with Crippen molar-refractivity contribution in [3.05, 3.63) is 142 Å². The van der Waals surface area contributed by atoms with Crippen LogP contribution in [-0.2, 0) is 13.1 Å². The van der Waals surface area contributed by atoms with Crippen LogP contribution < -0.4 is 5.56 Å². The summed E-state index contributed by atoms with van der Waals surface area (Å²) < 4.78 is 1.84. The SMILES string of the molecule is CN(CCn1cc(C(c2ccccc2)c2ccccc2)ccc1=O)Cc1ccccc1. The molecule has 0 saturated heterocycles. The first-order chi connectivity index (χ1) is 15.2. The molecule has 0 N–H and O–H groups in total. The second kappa shape index (κ2) is 10.1. The highest BCUT2D eigenvalue weighted by molar-refractivity contribution is 5.42. The van der Waals surface area contributed by atoms with Gasteiger partial charge in [0.25, 0.3) is 5.56 Å². The monoisotopic (exact) mass is 408 g/mol. The smallest absolute Gasteiger partial charge is 0.250 e. The van der Waals surface area contributed by atoms with Crippen LogP contribution in [0.4, 0.5) is 0 Å². The van der Waals surface area contributed by atoms with Crippen LogP contribution in [-0.4, -0.2) is 23.1 Å². The van der Waals surface area contributed by atoms with Crippen LogP contribution in [0.2, 0.25) is 0 Å². The first-order valence-corrected chi connectivity index (χ1v) is 10.7. The lowest BCUT2D eigenvalue weighted by Gasteiger charge is -2.21. The van der Waals surface area contributed by atoms with Gasteiger partial charge in [-0.3, -0.25) is 4.79 Å². The standard InChI is InChI=1S/C28H28N2O/c1-29(21-23-11-5-2-6-12-23)19-20-30-22-26(17-18-27(30)31)28(24-13-7-3-8-14-24)25-15-9-4-10-16-25/h2-18,22,28H,19-21H2,1H3. The van der Waals surface area contributed by atoms with Crippen molar-refractivity contribution in [3.8, 4) is 0 Å². The highest BCUT2D eigenvalue weighted by atomic mass is 16.1. The second-order valence-electron chi connectivity index (χ2n) is 7.97. The van der Waals surface area contributed by atoms with Gasteiger partial charge in [0.2, 0.25) is 0 Å². The molecule has 31 heavy (non-hydrogen) atoms. The van der Waals surface area contributed by atoms with E-state index in [-0.39, 0.29) is 11.5 Å². The summed E-state index contributed by atoms with van der Waals surface area (Å²) in [4.78, 5) is 14.8. The Hall–Kier alpha value is -3.43. The maximum atomic E-state index is 12.6. The van der Waals surface area contributed by atoms with E-state index >= 15 is 0 Å². The Labute approximate surface area is 184 Å². The van der Waals surface area contributed by atoms with Crippen LogP contribution in [0.15, 0.2) is 114 Å². The molecule has 0 fully saturated rings. The summed E-state index contributed by atoms with van der Waals surface area (Å²) in [6.45, 7) is 2.33. The van der Waals surface area contributed by atoms with Crippen LogP contribution in [0.25, 0.3) is 0 Å². The summed E-state index contributed by atoms with van der Waals surface area (Å²) >= 11 is 0. The quantitative estimate of drug-likeness (QED) is 0.402. The molecule has 3 heteroatoms. The second-order valence-corrected chi connectivity index (χ2v) is 7.97. The van der Waals surface area contributed by atoms with Crippen LogP contribution in [0.5, 0.6) is 0 Å². The summed E-state index contributed by atoms with van der Waals surface area (Å²) in [5.74, 6) is 0.0938. The fourth-order valence-electron chi connectivity index (χ4n) is 4.02. The summed E-state index contributed by atoms with van der Waals surface area (Å²) in [5.41, 5.74) is 4.89. The van der Waals surface area contributed by atoms with E-state index in [9.17, 15) is 4.79 Å². The molecule has 0 bridgehead atoms. The minimum atomic E-state index is 0.0386. The normalized spacial score (nSPS) is 11.2. The minimum absolute atomic E-state index is 0.0386. The Morgan fingerprint density at radius 1 is 0.710 bits per heavy atom. The molecule has 0 radical (unpaired) electrons. The van der Waals surface area contributed by atoms with Gasteiger partial charge in [0.1, 0.15) is 0 Å². The summed E-state index contributed by atoms with van der Waals surface area (Å²) in [6, 6.07) is 35.1. The third-order valence-corrected chi connectivity index (χ3v) is 5.62. The summed E-state index contributed by atoms with van der Waals surface area (Å²) in [6.07, 6.45) is 2.03. The Balaban J connectivity index is 1.57. The van der Waals surface area contributed by atoms with Gasteiger partial charge in [0, 0.05) is 37.8 Å². The van der Waals surface area contributed by atoms with Gasteiger partial charge in [-0.1, -0.05) is 97.1 Å². The fourth-order valence-corrected chi connectivity index (χ4v) is 4.02. The lowest BCUT2D eigenvalue weighted by Crippen LogP contribution is -2.28. The molecule has 4 aromatic rings. The van der Waals surface area contributed by atoms with E-state index in [1.807, 2.05) is 35.0 Å². The molecule has 1 heterocycles. The summed E-state index contributed by atoms with van der Waals surface area (Å²) in [7, 11) is 2.10. The molecular weight excluding hydrogens is 380 g/mol. The Bertz CT molecular complexity index is 1100. The minimum Gasteiger partial charge on any atom is -0.314 e. The van der Waals surface area contributed by atoms with E-state index < -0.39 is 0 Å². The molecule has 3 aromatic carbocycles. The molecule has 4 rings (SSSR count). The van der Waals surface area contributed by atoms with E-state index in [1.165, 1.54) is 16.7 Å². The average Bonchev–Trinajstić information content (AvgIpc) is 2.81. The van der Waals surface area contributed by atoms with Gasteiger partial charge >= 0.3 is 0 Å². The van der Waals surface area contributed by atoms with Crippen molar-refractivity contribution in [2.75, 3.05) is 13.6 Å². The third-order valence-electron chi connectivity index (χ3n) is 5.62.